The van der Waals surface area contributed by atoms with Gasteiger partial charge < -0.3 is 83.5 Å². The number of aliphatic hydroxyl groups excluding tert-OH is 4. The number of rotatable bonds is 4. The number of methoxy groups -OCH3 is 1. The van der Waals surface area contributed by atoms with E-state index in [4.69, 9.17) is 28.3 Å². The smallest absolute Gasteiger partial charge is 0.341 e. The van der Waals surface area contributed by atoms with E-state index in [1.165, 1.54) is 58.6 Å². The number of benzene rings is 4. The topological polar surface area (TPSA) is 300 Å². The van der Waals surface area contributed by atoms with E-state index in [1.807, 2.05) is 30.8 Å². The summed E-state index contributed by atoms with van der Waals surface area (Å²) < 4.78 is 47.0. The second-order valence-electron chi connectivity index (χ2n) is 24.2. The number of hydrogen-bond acceptors (Lipinski definition) is 20. The fraction of sp³-hybridized carbons (Fsp3) is 0.469. The standard InChI is InChI=1S/C46H56N4O12.C18H20FN3O4/c1-21-11-10-12-22(2)45(58)48-36-41(56)32-31(35-43(36)61-30-20-27(19-28(51)34(30)47-35)50-16-14-49(8)15-17-50)33-42(26(6)40(32)55)62-46(7,44(33)57)60-18-13-29(59-9)23(3)38(53)25(5)39(54)24(4)37(21)52;1-10-9-26-17-14-11(16(23)12(18(24)25)8-22(10)14)7-13(19)15(17)21-5-3-20(2)4-6-21/h10-13,18-21,23-25,29,37-39,52-55,57H,14-17H2,1-9H3,(H,48,58);7-8,10H,3-6,9H2,1-2H3,(H,24,25)/b11-10+,18-13+,22-12-;/t21-,23+,24+,25-,29-,37-,38+,39+,46-;10-/m00/s1. The third kappa shape index (κ3) is 11.2. The number of carboxylic acids is 1. The van der Waals surface area contributed by atoms with Gasteiger partial charge in [-0.3, -0.25) is 19.2 Å². The van der Waals surface area contributed by atoms with Gasteiger partial charge in [-0.2, -0.15) is 0 Å². The molecule has 10 atom stereocenters. The molecule has 1 amide bonds. The lowest BCUT2D eigenvalue weighted by molar-refractivity contribution is -0.112. The van der Waals surface area contributed by atoms with Crippen molar-refractivity contribution in [1.29, 1.82) is 0 Å². The molecule has 0 spiro atoms. The Kier molecular flexibility index (Phi) is 17.5. The molecule has 0 aliphatic carbocycles. The molecule has 23 nitrogen and oxygen atoms in total. The van der Waals surface area contributed by atoms with E-state index < -0.39 is 99.4 Å². The van der Waals surface area contributed by atoms with Crippen molar-refractivity contribution in [2.24, 2.45) is 23.7 Å². The van der Waals surface area contributed by atoms with Crippen molar-refractivity contribution >= 4 is 78.6 Å². The number of carbonyl (C=O) groups is 2. The Labute approximate surface area is 505 Å². The van der Waals surface area contributed by atoms with Gasteiger partial charge >= 0.3 is 11.8 Å². The number of phenolic OH excluding ortho intramolecular Hbond substituents is 1. The first-order chi connectivity index (χ1) is 41.7. The average Bonchev–Trinajstić information content (AvgIpc) is 1.96. The third-order valence-corrected chi connectivity index (χ3v) is 18.2. The van der Waals surface area contributed by atoms with Crippen LogP contribution in [0.2, 0.25) is 0 Å². The lowest BCUT2D eigenvalue weighted by atomic mass is 9.78. The number of likely N-dealkylation sites (N-methyl/N-ethyl adjacent to an activating group) is 2. The Balaban J connectivity index is 0.000000272. The van der Waals surface area contributed by atoms with Gasteiger partial charge in [0.05, 0.1) is 58.2 Å². The van der Waals surface area contributed by atoms with Crippen LogP contribution in [0.5, 0.6) is 17.2 Å². The highest BCUT2D eigenvalue weighted by Crippen LogP contribution is 2.44. The summed E-state index contributed by atoms with van der Waals surface area (Å²) in [5.74, 6) is -7.73. The second-order valence-corrected chi connectivity index (χ2v) is 24.2. The number of piperazine rings is 2. The van der Waals surface area contributed by atoms with Gasteiger partial charge in [0.25, 0.3) is 5.91 Å². The molecule has 6 aromatic rings. The third-order valence-electron chi connectivity index (χ3n) is 18.2. The average molecular weight is 1220 g/mol. The molecular formula is C64H76FN7O16. The molecule has 0 radical (unpaired) electrons. The molecule has 5 aliphatic heterocycles. The van der Waals surface area contributed by atoms with Crippen LogP contribution in [0.25, 0.3) is 49.6 Å². The van der Waals surface area contributed by atoms with Crippen LogP contribution in [0.3, 0.4) is 0 Å². The molecule has 7 heterocycles. The van der Waals surface area contributed by atoms with Crippen molar-refractivity contribution in [2.75, 3.05) is 95.3 Å². The number of amides is 1. The Bertz CT molecular complexity index is 4130. The maximum Gasteiger partial charge on any atom is 0.341 e. The molecule has 5 aliphatic rings. The Morgan fingerprint density at radius 2 is 1.44 bits per heavy atom. The summed E-state index contributed by atoms with van der Waals surface area (Å²) in [5.41, 5.74) is -1.51. The van der Waals surface area contributed by atoms with Crippen LogP contribution in [-0.2, 0) is 14.3 Å². The SMILES string of the molecule is CO[C@H]1/C=C/O[C@@]2(C)Oc3c(C)c(O)c4c(=O)c(c5oc6cc(N7CCN(C)CC7)cc(=O)c6nc5c4c3=C2O)NC(=O)/C(C)=C\C=C\[C@H](C)[C@H](O)[C@@H](C)[C@@H](O)[C@@H](C)[C@H](O)[C@@H]1C.C[C@H]1COc2c(N3CCN(C)CC3)c(F)cc3c(=O)c(C(=O)O)cn1c23. The first-order valence-electron chi connectivity index (χ1n) is 29.5. The number of aromatic nitrogens is 2. The van der Waals surface area contributed by atoms with Crippen LogP contribution in [0, 0.1) is 36.4 Å². The summed E-state index contributed by atoms with van der Waals surface area (Å²) in [6.07, 6.45) is 4.82. The van der Waals surface area contributed by atoms with E-state index in [2.05, 4.69) is 15.1 Å². The number of anilines is 3. The van der Waals surface area contributed by atoms with Gasteiger partial charge in [0.2, 0.25) is 16.3 Å². The summed E-state index contributed by atoms with van der Waals surface area (Å²) in [7, 11) is 5.48. The Hall–Kier alpha value is -8.13. The molecule has 7 N–H and O–H groups in total. The quantitative estimate of drug-likeness (QED) is 0.0872. The molecule has 4 bridgehead atoms. The zero-order valence-corrected chi connectivity index (χ0v) is 51.1. The molecule has 470 valence electrons. The van der Waals surface area contributed by atoms with E-state index in [9.17, 15) is 59.0 Å². The van der Waals surface area contributed by atoms with Crippen LogP contribution in [-0.4, -0.2) is 172 Å². The first kappa shape index (κ1) is 62.9. The van der Waals surface area contributed by atoms with Crippen molar-refractivity contribution in [3.8, 4) is 17.2 Å². The fourth-order valence-electron chi connectivity index (χ4n) is 12.4. The van der Waals surface area contributed by atoms with Gasteiger partial charge in [0.1, 0.15) is 40.6 Å². The normalized spacial score (nSPS) is 28.0. The summed E-state index contributed by atoms with van der Waals surface area (Å²) in [4.78, 5) is 79.6. The summed E-state index contributed by atoms with van der Waals surface area (Å²) in [5, 5.41) is 69.4. The van der Waals surface area contributed by atoms with E-state index in [0.717, 1.165) is 32.2 Å². The minimum absolute atomic E-state index is 0.0351. The minimum Gasteiger partial charge on any atom is -0.507 e. The second kappa shape index (κ2) is 24.4. The highest BCUT2D eigenvalue weighted by molar-refractivity contribution is 6.17. The molecule has 11 rings (SSSR count). The van der Waals surface area contributed by atoms with Crippen molar-refractivity contribution < 1.29 is 68.0 Å². The Morgan fingerprint density at radius 3 is 2.09 bits per heavy atom. The van der Waals surface area contributed by atoms with Gasteiger partial charge in [-0.25, -0.2) is 14.2 Å². The number of halogens is 1. The summed E-state index contributed by atoms with van der Waals surface area (Å²) >= 11 is 0. The number of pyridine rings is 1. The van der Waals surface area contributed by atoms with Gasteiger partial charge in [0, 0.05) is 131 Å². The number of carbonyl (C=O) groups excluding carboxylic acids is 1. The van der Waals surface area contributed by atoms with Gasteiger partial charge in [0.15, 0.2) is 34.0 Å². The lowest BCUT2D eigenvalue weighted by Gasteiger charge is -2.37. The number of phenols is 1. The van der Waals surface area contributed by atoms with E-state index in [0.29, 0.717) is 48.8 Å². The number of ether oxygens (including phenoxy) is 4. The van der Waals surface area contributed by atoms with Crippen LogP contribution >= 0.6 is 0 Å². The van der Waals surface area contributed by atoms with Crippen molar-refractivity contribution in [1.82, 2.24) is 19.4 Å². The zero-order chi connectivity index (χ0) is 63.7. The minimum atomic E-state index is -1.95. The van der Waals surface area contributed by atoms with Crippen LogP contribution in [0.1, 0.15) is 70.4 Å². The molecular weight excluding hydrogens is 1140 g/mol. The first-order valence-corrected chi connectivity index (χ1v) is 29.5. The molecule has 2 fully saturated rings. The maximum atomic E-state index is 15.0. The molecule has 24 heteroatoms. The van der Waals surface area contributed by atoms with Crippen molar-refractivity contribution in [2.45, 2.75) is 91.6 Å². The maximum absolute atomic E-state index is 15.0. The number of allylic oxidation sites excluding steroid dienone is 2. The number of nitrogens with zero attached hydrogens (tertiary/aromatic N) is 6. The number of aromatic carboxylic acids is 1. The molecule has 88 heavy (non-hydrogen) atoms. The molecule has 4 aromatic carbocycles. The predicted octanol–water partition coefficient (Wildman–Crippen LogP) is 5.29. The lowest BCUT2D eigenvalue weighted by Crippen LogP contribution is -2.45. The van der Waals surface area contributed by atoms with E-state index >= 15 is 0 Å². The highest BCUT2D eigenvalue weighted by Gasteiger charge is 2.44. The van der Waals surface area contributed by atoms with Gasteiger partial charge in [-0.1, -0.05) is 45.9 Å². The number of aromatic hydroxyl groups is 1. The van der Waals surface area contributed by atoms with Crippen molar-refractivity contribution in [3.05, 3.63) is 113 Å². The number of carboxylic acid groups (broad SMARTS) is 1. The molecule has 2 aromatic heterocycles. The largest absolute Gasteiger partial charge is 0.507 e. The van der Waals surface area contributed by atoms with Crippen LogP contribution in [0.15, 0.2) is 79.3 Å². The number of aliphatic hydroxyl groups is 4. The molecule has 0 saturated carbocycles. The van der Waals surface area contributed by atoms with Crippen molar-refractivity contribution in [3.63, 3.8) is 0 Å². The molecule has 2 saturated heterocycles. The van der Waals surface area contributed by atoms with Gasteiger partial charge in [-0.15, -0.1) is 0 Å². The van der Waals surface area contributed by atoms with E-state index in [-0.39, 0.29) is 84.4 Å². The Morgan fingerprint density at radius 1 is 0.807 bits per heavy atom. The van der Waals surface area contributed by atoms with Crippen LogP contribution in [0.4, 0.5) is 21.5 Å². The van der Waals surface area contributed by atoms with E-state index in [1.54, 1.807) is 50.5 Å². The number of fused-ring (bicyclic) bond motifs is 2. The number of hydrogen-bond donors (Lipinski definition) is 7. The fourth-order valence-corrected chi connectivity index (χ4v) is 12.4. The van der Waals surface area contributed by atoms with Gasteiger partial charge in [-0.05, 0) is 47.0 Å². The monoisotopic (exact) mass is 1220 g/mol. The number of nitrogens with one attached hydrogen (secondary N) is 1. The van der Waals surface area contributed by atoms with Crippen LogP contribution < -0.4 is 46.1 Å². The highest BCUT2D eigenvalue weighted by atomic mass is 19.1. The molecule has 0 unspecified atom stereocenters. The predicted molar refractivity (Wildman–Crippen MR) is 330 cm³/mol. The zero-order valence-electron chi connectivity index (χ0n) is 51.1. The summed E-state index contributed by atoms with van der Waals surface area (Å²) in [6.45, 7) is 19.2. The summed E-state index contributed by atoms with van der Waals surface area (Å²) in [6, 6.07) is 4.12.